The molecule has 58 valence electrons. The Balaban J connectivity index is 2.88. The molecular weight excluding hydrogens is 134 g/mol. The van der Waals surface area contributed by atoms with Crippen molar-refractivity contribution in [2.45, 2.75) is 26.7 Å². The first-order chi connectivity index (χ1) is 5.27. The molecule has 1 unspecified atom stereocenters. The predicted octanol–water partition coefficient (Wildman–Crippen LogP) is 2.81. The third-order valence-electron chi connectivity index (χ3n) is 2.06. The summed E-state index contributed by atoms with van der Waals surface area (Å²) >= 11 is 0. The molecule has 0 N–H and O–H groups in total. The topological polar surface area (TPSA) is 23.8 Å². The van der Waals surface area contributed by atoms with E-state index in [1.54, 1.807) is 0 Å². The van der Waals surface area contributed by atoms with E-state index in [-0.39, 0.29) is 0 Å². The van der Waals surface area contributed by atoms with Crippen LogP contribution in [0.1, 0.15) is 26.7 Å². The molecule has 0 spiro atoms. The number of nitrogens with zero attached hydrogens (tertiary/aromatic N) is 1. The molecule has 0 bridgehead atoms. The zero-order valence-electron chi connectivity index (χ0n) is 7.09. The van der Waals surface area contributed by atoms with E-state index < -0.39 is 0 Å². The summed E-state index contributed by atoms with van der Waals surface area (Å²) in [5, 5.41) is 8.77. The van der Waals surface area contributed by atoms with Gasteiger partial charge in [0.1, 0.15) is 0 Å². The van der Waals surface area contributed by atoms with E-state index in [0.29, 0.717) is 5.92 Å². The fourth-order valence-corrected chi connectivity index (χ4v) is 1.35. The molecule has 1 nitrogen and oxygen atoms in total. The minimum absolute atomic E-state index is 0.542. The SMILES string of the molecule is CCC1=C(C#N)CC(C)C=C1. The summed E-state index contributed by atoms with van der Waals surface area (Å²) in [6.07, 6.45) is 6.18. The molecule has 1 atom stereocenters. The Morgan fingerprint density at radius 2 is 2.45 bits per heavy atom. The van der Waals surface area contributed by atoms with Gasteiger partial charge in [0.05, 0.1) is 6.07 Å². The van der Waals surface area contributed by atoms with Crippen LogP contribution < -0.4 is 0 Å². The third kappa shape index (κ3) is 1.71. The lowest BCUT2D eigenvalue weighted by Crippen LogP contribution is -2.00. The Morgan fingerprint density at radius 1 is 1.73 bits per heavy atom. The van der Waals surface area contributed by atoms with Gasteiger partial charge in [0.25, 0.3) is 0 Å². The van der Waals surface area contributed by atoms with Crippen LogP contribution >= 0.6 is 0 Å². The molecule has 1 aliphatic rings. The fourth-order valence-electron chi connectivity index (χ4n) is 1.35. The van der Waals surface area contributed by atoms with Gasteiger partial charge in [0.2, 0.25) is 0 Å². The molecule has 0 heterocycles. The average Bonchev–Trinajstić information content (AvgIpc) is 2.04. The molecule has 11 heavy (non-hydrogen) atoms. The zero-order chi connectivity index (χ0) is 8.27. The van der Waals surface area contributed by atoms with Crippen molar-refractivity contribution in [3.05, 3.63) is 23.3 Å². The normalized spacial score (nSPS) is 23.5. The van der Waals surface area contributed by atoms with Crippen molar-refractivity contribution in [2.75, 3.05) is 0 Å². The van der Waals surface area contributed by atoms with Crippen molar-refractivity contribution in [3.63, 3.8) is 0 Å². The summed E-state index contributed by atoms with van der Waals surface area (Å²) in [7, 11) is 0. The van der Waals surface area contributed by atoms with Gasteiger partial charge < -0.3 is 0 Å². The molecule has 0 aromatic heterocycles. The lowest BCUT2D eigenvalue weighted by molar-refractivity contribution is 0.708. The third-order valence-corrected chi connectivity index (χ3v) is 2.06. The van der Waals surface area contributed by atoms with Crippen molar-refractivity contribution >= 4 is 0 Å². The highest BCUT2D eigenvalue weighted by molar-refractivity contribution is 5.38. The summed E-state index contributed by atoms with van der Waals surface area (Å²) in [6.45, 7) is 4.23. The molecule has 0 aromatic carbocycles. The number of rotatable bonds is 1. The highest BCUT2D eigenvalue weighted by Gasteiger charge is 2.10. The molecule has 0 aliphatic heterocycles. The minimum Gasteiger partial charge on any atom is -0.193 e. The van der Waals surface area contributed by atoms with Crippen molar-refractivity contribution in [1.29, 1.82) is 5.26 Å². The number of allylic oxidation sites excluding steroid dienone is 4. The van der Waals surface area contributed by atoms with Crippen LogP contribution in [0, 0.1) is 17.2 Å². The monoisotopic (exact) mass is 147 g/mol. The molecule has 1 heteroatoms. The maximum atomic E-state index is 8.77. The fraction of sp³-hybridized carbons (Fsp3) is 0.500. The molecule has 0 aromatic rings. The Kier molecular flexibility index (Phi) is 2.48. The van der Waals surface area contributed by atoms with Crippen LogP contribution in [0.5, 0.6) is 0 Å². The van der Waals surface area contributed by atoms with Gasteiger partial charge in [0.15, 0.2) is 0 Å². The van der Waals surface area contributed by atoms with Crippen molar-refractivity contribution < 1.29 is 0 Å². The van der Waals surface area contributed by atoms with Gasteiger partial charge in [-0.05, 0) is 24.3 Å². The van der Waals surface area contributed by atoms with Gasteiger partial charge in [-0.15, -0.1) is 0 Å². The van der Waals surface area contributed by atoms with Gasteiger partial charge in [0, 0.05) is 5.57 Å². The molecule has 0 fully saturated rings. The Morgan fingerprint density at radius 3 is 3.00 bits per heavy atom. The van der Waals surface area contributed by atoms with E-state index in [1.165, 1.54) is 5.57 Å². The van der Waals surface area contributed by atoms with E-state index in [0.717, 1.165) is 18.4 Å². The molecule has 0 saturated heterocycles. The van der Waals surface area contributed by atoms with Crippen LogP contribution in [0.4, 0.5) is 0 Å². The molecular formula is C10H13N. The van der Waals surface area contributed by atoms with E-state index in [9.17, 15) is 0 Å². The Bertz CT molecular complexity index is 240. The highest BCUT2D eigenvalue weighted by Crippen LogP contribution is 2.24. The smallest absolute Gasteiger partial charge is 0.0950 e. The van der Waals surface area contributed by atoms with E-state index in [2.05, 4.69) is 32.1 Å². The quantitative estimate of drug-likeness (QED) is 0.559. The summed E-state index contributed by atoms with van der Waals surface area (Å²) in [5.74, 6) is 0.542. The predicted molar refractivity (Wildman–Crippen MR) is 45.9 cm³/mol. The Labute approximate surface area is 68.0 Å². The lowest BCUT2D eigenvalue weighted by atomic mass is 9.90. The highest BCUT2D eigenvalue weighted by atomic mass is 14.3. The van der Waals surface area contributed by atoms with Gasteiger partial charge in [-0.1, -0.05) is 26.0 Å². The first-order valence-corrected chi connectivity index (χ1v) is 4.08. The van der Waals surface area contributed by atoms with Crippen molar-refractivity contribution in [3.8, 4) is 6.07 Å². The maximum absolute atomic E-state index is 8.77. The van der Waals surface area contributed by atoms with Crippen LogP contribution in [-0.4, -0.2) is 0 Å². The molecule has 0 radical (unpaired) electrons. The first-order valence-electron chi connectivity index (χ1n) is 4.08. The van der Waals surface area contributed by atoms with Gasteiger partial charge in [-0.2, -0.15) is 5.26 Å². The van der Waals surface area contributed by atoms with Crippen molar-refractivity contribution in [2.24, 2.45) is 5.92 Å². The molecule has 1 aliphatic carbocycles. The van der Waals surface area contributed by atoms with E-state index in [4.69, 9.17) is 5.26 Å². The van der Waals surface area contributed by atoms with Crippen LogP contribution in [0.3, 0.4) is 0 Å². The second-order valence-electron chi connectivity index (χ2n) is 3.01. The van der Waals surface area contributed by atoms with Gasteiger partial charge >= 0.3 is 0 Å². The largest absolute Gasteiger partial charge is 0.193 e. The summed E-state index contributed by atoms with van der Waals surface area (Å²) in [6, 6.07) is 2.26. The minimum atomic E-state index is 0.542. The van der Waals surface area contributed by atoms with Crippen LogP contribution in [0.25, 0.3) is 0 Å². The molecule has 0 saturated carbocycles. The molecule has 1 rings (SSSR count). The summed E-state index contributed by atoms with van der Waals surface area (Å²) in [4.78, 5) is 0. The van der Waals surface area contributed by atoms with Gasteiger partial charge in [-0.25, -0.2) is 0 Å². The lowest BCUT2D eigenvalue weighted by Gasteiger charge is -2.13. The Hall–Kier alpha value is -1.03. The maximum Gasteiger partial charge on any atom is 0.0950 e. The van der Waals surface area contributed by atoms with Crippen molar-refractivity contribution in [1.82, 2.24) is 0 Å². The number of hydrogen-bond acceptors (Lipinski definition) is 1. The first kappa shape index (κ1) is 8.07. The van der Waals surface area contributed by atoms with Gasteiger partial charge in [-0.3, -0.25) is 0 Å². The summed E-state index contributed by atoms with van der Waals surface area (Å²) < 4.78 is 0. The number of nitriles is 1. The van der Waals surface area contributed by atoms with Crippen LogP contribution in [0.2, 0.25) is 0 Å². The zero-order valence-corrected chi connectivity index (χ0v) is 7.09. The summed E-state index contributed by atoms with van der Waals surface area (Å²) in [5.41, 5.74) is 2.19. The van der Waals surface area contributed by atoms with Crippen LogP contribution in [0.15, 0.2) is 23.3 Å². The number of hydrogen-bond donors (Lipinski definition) is 0. The second-order valence-corrected chi connectivity index (χ2v) is 3.01. The second kappa shape index (κ2) is 3.39. The van der Waals surface area contributed by atoms with E-state index in [1.807, 2.05) is 0 Å². The van der Waals surface area contributed by atoms with E-state index >= 15 is 0 Å². The molecule has 0 amide bonds. The van der Waals surface area contributed by atoms with Crippen LogP contribution in [-0.2, 0) is 0 Å². The average molecular weight is 147 g/mol. The standard InChI is InChI=1S/C10H13N/c1-3-9-5-4-8(2)6-10(9)7-11/h4-5,8H,3,6H2,1-2H3.